The third-order valence-electron chi connectivity index (χ3n) is 1.74. The maximum Gasteiger partial charge on any atom is 0.224 e. The zero-order valence-electron chi connectivity index (χ0n) is 7.71. The summed E-state index contributed by atoms with van der Waals surface area (Å²) in [5, 5.41) is 2.66. The minimum Gasteiger partial charge on any atom is -0.325 e. The Morgan fingerprint density at radius 3 is 2.86 bits per heavy atom. The van der Waals surface area contributed by atoms with E-state index in [9.17, 15) is 9.59 Å². The highest BCUT2D eigenvalue weighted by atomic mass is 127. The number of aldehydes is 1. The van der Waals surface area contributed by atoms with Crippen LogP contribution >= 0.6 is 22.6 Å². The van der Waals surface area contributed by atoms with Crippen molar-refractivity contribution < 1.29 is 9.59 Å². The second-order valence-electron chi connectivity index (χ2n) is 2.75. The maximum atomic E-state index is 11.1. The van der Waals surface area contributed by atoms with Gasteiger partial charge in [0.05, 0.1) is 5.69 Å². The van der Waals surface area contributed by atoms with E-state index in [2.05, 4.69) is 27.9 Å². The van der Waals surface area contributed by atoms with Gasteiger partial charge in [0, 0.05) is 15.6 Å². The van der Waals surface area contributed by atoms with Crippen molar-refractivity contribution in [2.24, 2.45) is 0 Å². The van der Waals surface area contributed by atoms with Gasteiger partial charge in [-0.15, -0.1) is 0 Å². The number of hydrogen-bond donors (Lipinski definition) is 1. The first-order valence-electron chi connectivity index (χ1n) is 4.22. The average Bonchev–Trinajstić information content (AvgIpc) is 2.20. The molecule has 0 aliphatic carbocycles. The van der Waals surface area contributed by atoms with Crippen LogP contribution in [0, 0.1) is 3.57 Å². The summed E-state index contributed by atoms with van der Waals surface area (Å²) in [6.07, 6.45) is 1.15. The molecule has 1 rings (SSSR count). The van der Waals surface area contributed by atoms with Crippen LogP contribution in [-0.4, -0.2) is 12.2 Å². The van der Waals surface area contributed by atoms with E-state index in [-0.39, 0.29) is 5.91 Å². The Hall–Kier alpha value is -0.910. The lowest BCUT2D eigenvalue weighted by Crippen LogP contribution is -2.11. The van der Waals surface area contributed by atoms with Crippen LogP contribution in [-0.2, 0) is 4.79 Å². The van der Waals surface area contributed by atoms with Gasteiger partial charge in [-0.05, 0) is 40.8 Å². The van der Waals surface area contributed by atoms with Crippen LogP contribution in [0.3, 0.4) is 0 Å². The summed E-state index contributed by atoms with van der Waals surface area (Å²) in [5.41, 5.74) is 1.09. The normalized spacial score (nSPS) is 9.57. The molecule has 0 atom stereocenters. The van der Waals surface area contributed by atoms with Gasteiger partial charge in [0.1, 0.15) is 0 Å². The SMILES string of the molecule is CCC(=O)Nc1ccc(I)cc1C=O. The molecule has 1 aromatic carbocycles. The number of carbonyl (C=O) groups is 2. The maximum absolute atomic E-state index is 11.1. The lowest BCUT2D eigenvalue weighted by atomic mass is 10.2. The van der Waals surface area contributed by atoms with Gasteiger partial charge >= 0.3 is 0 Å². The molecule has 74 valence electrons. The Kier molecular flexibility index (Phi) is 4.06. The molecule has 0 aromatic heterocycles. The summed E-state index contributed by atoms with van der Waals surface area (Å²) < 4.78 is 0.971. The highest BCUT2D eigenvalue weighted by Gasteiger charge is 2.04. The Balaban J connectivity index is 2.96. The zero-order chi connectivity index (χ0) is 10.6. The van der Waals surface area contributed by atoms with Crippen molar-refractivity contribution in [3.05, 3.63) is 27.3 Å². The minimum atomic E-state index is -0.0886. The number of nitrogens with one attached hydrogen (secondary N) is 1. The fraction of sp³-hybridized carbons (Fsp3) is 0.200. The molecule has 0 aliphatic rings. The third-order valence-corrected chi connectivity index (χ3v) is 2.41. The van der Waals surface area contributed by atoms with Gasteiger partial charge < -0.3 is 5.32 Å². The molecular formula is C10H10INO2. The summed E-state index contributed by atoms with van der Waals surface area (Å²) >= 11 is 2.12. The lowest BCUT2D eigenvalue weighted by molar-refractivity contribution is -0.115. The molecule has 3 nitrogen and oxygen atoms in total. The quantitative estimate of drug-likeness (QED) is 0.688. The molecule has 4 heteroatoms. The number of benzene rings is 1. The highest BCUT2D eigenvalue weighted by Crippen LogP contribution is 2.17. The van der Waals surface area contributed by atoms with E-state index < -0.39 is 0 Å². The number of amides is 1. The summed E-state index contributed by atoms with van der Waals surface area (Å²) in [6.45, 7) is 1.77. The summed E-state index contributed by atoms with van der Waals surface area (Å²) in [4.78, 5) is 21.8. The largest absolute Gasteiger partial charge is 0.325 e. The van der Waals surface area contributed by atoms with Crippen LogP contribution in [0.25, 0.3) is 0 Å². The summed E-state index contributed by atoms with van der Waals surface area (Å²) in [5.74, 6) is -0.0886. The fourth-order valence-electron chi connectivity index (χ4n) is 0.984. The molecule has 1 amide bonds. The van der Waals surface area contributed by atoms with Crippen molar-refractivity contribution in [1.82, 2.24) is 0 Å². The van der Waals surface area contributed by atoms with Crippen molar-refractivity contribution >= 4 is 40.5 Å². The molecule has 0 aliphatic heterocycles. The molecule has 0 bridgehead atoms. The standard InChI is InChI=1S/C10H10INO2/c1-2-10(14)12-9-4-3-8(11)5-7(9)6-13/h3-6H,2H2,1H3,(H,12,14). The molecule has 0 radical (unpaired) electrons. The number of hydrogen-bond acceptors (Lipinski definition) is 2. The number of carbonyl (C=O) groups excluding carboxylic acids is 2. The smallest absolute Gasteiger partial charge is 0.224 e. The van der Waals surface area contributed by atoms with Gasteiger partial charge in [0.15, 0.2) is 6.29 Å². The van der Waals surface area contributed by atoms with Crippen molar-refractivity contribution in [3.8, 4) is 0 Å². The molecule has 0 spiro atoms. The van der Waals surface area contributed by atoms with Crippen LogP contribution in [0.15, 0.2) is 18.2 Å². The Morgan fingerprint density at radius 2 is 2.29 bits per heavy atom. The van der Waals surface area contributed by atoms with Crippen molar-refractivity contribution in [1.29, 1.82) is 0 Å². The fourth-order valence-corrected chi connectivity index (χ4v) is 1.50. The van der Waals surface area contributed by atoms with E-state index in [1.54, 1.807) is 19.1 Å². The first kappa shape index (κ1) is 11.2. The van der Waals surface area contributed by atoms with Crippen LogP contribution in [0.4, 0.5) is 5.69 Å². The van der Waals surface area contributed by atoms with Gasteiger partial charge in [-0.1, -0.05) is 6.92 Å². The molecule has 1 N–H and O–H groups in total. The van der Waals surface area contributed by atoms with Crippen molar-refractivity contribution in [2.75, 3.05) is 5.32 Å². The molecule has 0 fully saturated rings. The van der Waals surface area contributed by atoms with Gasteiger partial charge in [0.25, 0.3) is 0 Å². The van der Waals surface area contributed by atoms with Crippen molar-refractivity contribution in [3.63, 3.8) is 0 Å². The molecule has 0 saturated carbocycles. The van der Waals surface area contributed by atoms with E-state index in [0.29, 0.717) is 17.7 Å². The van der Waals surface area contributed by atoms with Gasteiger partial charge in [-0.25, -0.2) is 0 Å². The molecule has 0 unspecified atom stereocenters. The number of halogens is 1. The number of rotatable bonds is 3. The van der Waals surface area contributed by atoms with Gasteiger partial charge in [0.2, 0.25) is 5.91 Å². The van der Waals surface area contributed by atoms with Crippen LogP contribution < -0.4 is 5.32 Å². The lowest BCUT2D eigenvalue weighted by Gasteiger charge is -2.06. The van der Waals surface area contributed by atoms with E-state index in [1.165, 1.54) is 0 Å². The Morgan fingerprint density at radius 1 is 1.57 bits per heavy atom. The van der Waals surface area contributed by atoms with Crippen LogP contribution in [0.5, 0.6) is 0 Å². The number of anilines is 1. The van der Waals surface area contributed by atoms with E-state index in [0.717, 1.165) is 9.86 Å². The monoisotopic (exact) mass is 303 g/mol. The Labute approximate surface area is 96.0 Å². The molecular weight excluding hydrogens is 293 g/mol. The molecule has 1 aromatic rings. The first-order chi connectivity index (χ1) is 6.67. The van der Waals surface area contributed by atoms with E-state index >= 15 is 0 Å². The predicted molar refractivity (Wildman–Crippen MR) is 63.5 cm³/mol. The second-order valence-corrected chi connectivity index (χ2v) is 4.00. The first-order valence-corrected chi connectivity index (χ1v) is 5.29. The topological polar surface area (TPSA) is 46.2 Å². The van der Waals surface area contributed by atoms with Crippen LogP contribution in [0.1, 0.15) is 23.7 Å². The zero-order valence-corrected chi connectivity index (χ0v) is 9.87. The van der Waals surface area contributed by atoms with Gasteiger partial charge in [-0.3, -0.25) is 9.59 Å². The summed E-state index contributed by atoms with van der Waals surface area (Å²) in [6, 6.07) is 5.32. The second kappa shape index (κ2) is 5.09. The van der Waals surface area contributed by atoms with E-state index in [1.807, 2.05) is 6.07 Å². The average molecular weight is 303 g/mol. The van der Waals surface area contributed by atoms with Gasteiger partial charge in [-0.2, -0.15) is 0 Å². The highest BCUT2D eigenvalue weighted by molar-refractivity contribution is 14.1. The summed E-state index contributed by atoms with van der Waals surface area (Å²) in [7, 11) is 0. The molecule has 0 heterocycles. The minimum absolute atomic E-state index is 0.0886. The predicted octanol–water partition coefficient (Wildman–Crippen LogP) is 2.45. The van der Waals surface area contributed by atoms with E-state index in [4.69, 9.17) is 0 Å². The van der Waals surface area contributed by atoms with Crippen molar-refractivity contribution in [2.45, 2.75) is 13.3 Å². The Bertz CT molecular complexity index is 363. The molecule has 14 heavy (non-hydrogen) atoms. The van der Waals surface area contributed by atoms with Crippen LogP contribution in [0.2, 0.25) is 0 Å². The third kappa shape index (κ3) is 2.80. The molecule has 0 saturated heterocycles.